The first kappa shape index (κ1) is 25.8. The molecule has 47 heavy (non-hydrogen) atoms. The van der Waals surface area contributed by atoms with E-state index in [9.17, 15) is 0 Å². The summed E-state index contributed by atoms with van der Waals surface area (Å²) in [5.41, 5.74) is 4.12. The quantitative estimate of drug-likeness (QED) is 0.186. The Morgan fingerprint density at radius 3 is 1.32 bits per heavy atom. The van der Waals surface area contributed by atoms with Gasteiger partial charge in [-0.25, -0.2) is 0 Å². The molecule has 0 aliphatic carbocycles. The number of aromatic nitrogens is 5. The van der Waals surface area contributed by atoms with Crippen LogP contribution in [0.2, 0.25) is 5.28 Å². The average molecular weight is 658 g/mol. The maximum atomic E-state index is 6.80. The minimum absolute atomic E-state index is 0.146. The Hall–Kier alpha value is -5.34. The number of thiophene rings is 2. The lowest BCUT2D eigenvalue weighted by Crippen LogP contribution is -2.08. The van der Waals surface area contributed by atoms with Crippen LogP contribution in [-0.4, -0.2) is 24.1 Å². The number of rotatable bonds is 2. The Morgan fingerprint density at radius 2 is 0.830 bits per heavy atom. The van der Waals surface area contributed by atoms with Gasteiger partial charge in [0.2, 0.25) is 17.2 Å². The van der Waals surface area contributed by atoms with Gasteiger partial charge in [-0.3, -0.25) is 9.13 Å². The van der Waals surface area contributed by atoms with Gasteiger partial charge >= 0.3 is 0 Å². The molecule has 5 nitrogen and oxygen atoms in total. The van der Waals surface area contributed by atoms with E-state index >= 15 is 0 Å². The van der Waals surface area contributed by atoms with Crippen LogP contribution in [-0.2, 0) is 0 Å². The minimum Gasteiger partial charge on any atom is -0.278 e. The van der Waals surface area contributed by atoms with Crippen molar-refractivity contribution in [1.29, 1.82) is 0 Å². The molecule has 8 heteroatoms. The molecule has 0 amide bonds. The molecule has 11 aromatic rings. The van der Waals surface area contributed by atoms with Crippen molar-refractivity contribution in [1.82, 2.24) is 24.1 Å². The van der Waals surface area contributed by atoms with E-state index in [1.165, 1.54) is 51.1 Å². The topological polar surface area (TPSA) is 48.5 Å². The van der Waals surface area contributed by atoms with E-state index < -0.39 is 0 Å². The van der Waals surface area contributed by atoms with Gasteiger partial charge in [0.25, 0.3) is 0 Å². The second kappa shape index (κ2) is 9.36. The fourth-order valence-corrected chi connectivity index (χ4v) is 10.1. The monoisotopic (exact) mass is 657 g/mol. The number of hydrogen-bond donors (Lipinski definition) is 0. The smallest absolute Gasteiger partial charge is 0.240 e. The normalized spacial score (nSPS) is 12.4. The molecule has 5 aromatic heterocycles. The van der Waals surface area contributed by atoms with Crippen LogP contribution in [0.15, 0.2) is 121 Å². The molecule has 0 aliphatic heterocycles. The second-order valence-corrected chi connectivity index (χ2v) is 14.2. The van der Waals surface area contributed by atoms with E-state index in [1.807, 2.05) is 22.7 Å². The van der Waals surface area contributed by atoms with Gasteiger partial charge < -0.3 is 0 Å². The first-order valence-electron chi connectivity index (χ1n) is 15.3. The lowest BCUT2D eigenvalue weighted by Gasteiger charge is -2.10. The van der Waals surface area contributed by atoms with Crippen molar-refractivity contribution in [2.75, 3.05) is 0 Å². The number of para-hydroxylation sites is 2. The third-order valence-electron chi connectivity index (χ3n) is 9.34. The van der Waals surface area contributed by atoms with Gasteiger partial charge in [0.1, 0.15) is 0 Å². The molecule has 0 saturated carbocycles. The van der Waals surface area contributed by atoms with E-state index in [2.05, 4.69) is 130 Å². The van der Waals surface area contributed by atoms with Crippen LogP contribution in [0.25, 0.3) is 95.9 Å². The lowest BCUT2D eigenvalue weighted by molar-refractivity contribution is 0.887. The van der Waals surface area contributed by atoms with Gasteiger partial charge in [0.05, 0.1) is 22.1 Å². The Balaban J connectivity index is 1.23. The van der Waals surface area contributed by atoms with Crippen LogP contribution in [0.1, 0.15) is 0 Å². The van der Waals surface area contributed by atoms with Crippen LogP contribution >= 0.6 is 34.3 Å². The molecule has 0 bridgehead atoms. The summed E-state index contributed by atoms with van der Waals surface area (Å²) in [4.78, 5) is 14.7. The SMILES string of the molecule is Clc1nc(-n2c3ccccc3c3c4sc5ccccc5c4ccc32)nc(-n2c3ccccc3c3c4sc5ccccc5c4ccc32)n1. The summed E-state index contributed by atoms with van der Waals surface area (Å²) in [5, 5.41) is 9.91. The van der Waals surface area contributed by atoms with Gasteiger partial charge in [-0.2, -0.15) is 15.0 Å². The van der Waals surface area contributed by atoms with E-state index in [0.29, 0.717) is 11.9 Å². The highest BCUT2D eigenvalue weighted by molar-refractivity contribution is 7.27. The number of fused-ring (bicyclic) bond motifs is 14. The van der Waals surface area contributed by atoms with Crippen molar-refractivity contribution in [3.05, 3.63) is 127 Å². The molecule has 0 atom stereocenters. The molecule has 0 spiro atoms. The maximum Gasteiger partial charge on any atom is 0.240 e. The molecule has 0 aliphatic rings. The van der Waals surface area contributed by atoms with Crippen molar-refractivity contribution in [2.45, 2.75) is 0 Å². The van der Waals surface area contributed by atoms with Crippen molar-refractivity contribution >= 4 is 118 Å². The van der Waals surface area contributed by atoms with E-state index in [4.69, 9.17) is 26.6 Å². The molecule has 0 saturated heterocycles. The number of halogens is 1. The molecular weight excluding hydrogens is 638 g/mol. The standard InChI is InChI=1S/C39H20ClN5S2/c40-37-41-38(44-27-13-5-1-11-25(27)33-29(44)19-17-23-21-9-3-7-15-31(21)46-35(23)33)43-39(42-37)45-28-14-6-2-12-26(28)34-30(45)20-18-24-22-10-4-8-16-32(22)47-36(24)34/h1-20H. The molecule has 0 radical (unpaired) electrons. The van der Waals surface area contributed by atoms with E-state index in [0.717, 1.165) is 32.8 Å². The Labute approximate surface area is 279 Å². The summed E-state index contributed by atoms with van der Waals surface area (Å²) in [6.45, 7) is 0. The van der Waals surface area contributed by atoms with Gasteiger partial charge in [-0.05, 0) is 48.0 Å². The fraction of sp³-hybridized carbons (Fsp3) is 0. The predicted molar refractivity (Wildman–Crippen MR) is 199 cm³/mol. The molecule has 0 N–H and O–H groups in total. The van der Waals surface area contributed by atoms with Crippen LogP contribution in [0.5, 0.6) is 0 Å². The number of nitrogens with zero attached hydrogens (tertiary/aromatic N) is 5. The van der Waals surface area contributed by atoms with Gasteiger partial charge in [-0.1, -0.05) is 84.9 Å². The van der Waals surface area contributed by atoms with Crippen LogP contribution < -0.4 is 0 Å². The first-order chi connectivity index (χ1) is 23.2. The summed E-state index contributed by atoms with van der Waals surface area (Å²) < 4.78 is 9.32. The van der Waals surface area contributed by atoms with Crippen molar-refractivity contribution in [3.63, 3.8) is 0 Å². The highest BCUT2D eigenvalue weighted by Gasteiger charge is 2.22. The molecule has 0 unspecified atom stereocenters. The highest BCUT2D eigenvalue weighted by atomic mass is 35.5. The number of benzene rings is 6. The Kier molecular flexibility index (Phi) is 5.14. The molecule has 220 valence electrons. The highest BCUT2D eigenvalue weighted by Crippen LogP contribution is 2.45. The van der Waals surface area contributed by atoms with Crippen LogP contribution in [0.3, 0.4) is 0 Å². The minimum atomic E-state index is 0.146. The van der Waals surface area contributed by atoms with Crippen molar-refractivity contribution in [3.8, 4) is 11.9 Å². The van der Waals surface area contributed by atoms with E-state index in [1.54, 1.807) is 0 Å². The van der Waals surface area contributed by atoms with Crippen LogP contribution in [0, 0.1) is 0 Å². The zero-order valence-electron chi connectivity index (χ0n) is 24.5. The summed E-state index contributed by atoms with van der Waals surface area (Å²) in [6.07, 6.45) is 0. The summed E-state index contributed by atoms with van der Waals surface area (Å²) >= 11 is 10.5. The molecule has 6 aromatic carbocycles. The third kappa shape index (κ3) is 3.45. The van der Waals surface area contributed by atoms with Gasteiger partial charge in [0.15, 0.2) is 0 Å². The summed E-state index contributed by atoms with van der Waals surface area (Å²) in [5.74, 6) is 0.973. The Morgan fingerprint density at radius 1 is 0.404 bits per heavy atom. The Bertz CT molecular complexity index is 2900. The van der Waals surface area contributed by atoms with Crippen LogP contribution in [0.4, 0.5) is 0 Å². The first-order valence-corrected chi connectivity index (χ1v) is 17.3. The largest absolute Gasteiger partial charge is 0.278 e. The number of hydrogen-bond acceptors (Lipinski definition) is 5. The molecule has 5 heterocycles. The predicted octanol–water partition coefficient (Wildman–Crippen LogP) is 11.5. The lowest BCUT2D eigenvalue weighted by atomic mass is 10.1. The molecule has 11 rings (SSSR count). The van der Waals surface area contributed by atoms with Gasteiger partial charge in [-0.15, -0.1) is 22.7 Å². The zero-order valence-corrected chi connectivity index (χ0v) is 26.9. The summed E-state index contributed by atoms with van der Waals surface area (Å²) in [6, 6.07) is 43.0. The molecule has 0 fully saturated rings. The average Bonchev–Trinajstić information content (AvgIpc) is 3.85. The summed E-state index contributed by atoms with van der Waals surface area (Å²) in [7, 11) is 0. The molecular formula is C39H20ClN5S2. The van der Waals surface area contributed by atoms with Crippen molar-refractivity contribution in [2.24, 2.45) is 0 Å². The van der Waals surface area contributed by atoms with E-state index in [-0.39, 0.29) is 5.28 Å². The van der Waals surface area contributed by atoms with Crippen molar-refractivity contribution < 1.29 is 0 Å². The second-order valence-electron chi connectivity index (χ2n) is 11.8. The fourth-order valence-electron chi connectivity index (χ4n) is 7.43. The third-order valence-corrected chi connectivity index (χ3v) is 11.9. The zero-order chi connectivity index (χ0) is 30.8. The maximum absolute atomic E-state index is 6.80. The van der Waals surface area contributed by atoms with Gasteiger partial charge in [0, 0.05) is 61.9 Å².